The highest BCUT2D eigenvalue weighted by molar-refractivity contribution is 7.80. The van der Waals surface area contributed by atoms with Crippen molar-refractivity contribution in [2.45, 2.75) is 12.8 Å². The first-order valence-electron chi connectivity index (χ1n) is 6.36. The van der Waals surface area contributed by atoms with E-state index in [4.69, 9.17) is 23.8 Å². The van der Waals surface area contributed by atoms with Crippen molar-refractivity contribution in [3.63, 3.8) is 0 Å². The fourth-order valence-electron chi connectivity index (χ4n) is 1.76. The second-order valence-corrected chi connectivity index (χ2v) is 5.35. The van der Waals surface area contributed by atoms with Gasteiger partial charge in [-0.3, -0.25) is 0 Å². The fraction of sp³-hybridized carbons (Fsp3) is 0.200. The first-order valence-corrected chi connectivity index (χ1v) is 7.15. The highest BCUT2D eigenvalue weighted by atomic mass is 35.5. The van der Waals surface area contributed by atoms with Crippen LogP contribution < -0.4 is 10.6 Å². The topological polar surface area (TPSA) is 37.0 Å². The minimum atomic E-state index is 0.383. The van der Waals surface area contributed by atoms with Gasteiger partial charge in [-0.1, -0.05) is 48.9 Å². The van der Waals surface area contributed by atoms with E-state index < -0.39 is 0 Å². The molecule has 20 heavy (non-hydrogen) atoms. The van der Waals surface area contributed by atoms with Crippen molar-refractivity contribution < 1.29 is 0 Å². The second kappa shape index (κ2) is 7.22. The molecule has 2 aromatic rings. The monoisotopic (exact) mass is 305 g/mol. The summed E-state index contributed by atoms with van der Waals surface area (Å²) in [6.07, 6.45) is 1.58. The van der Waals surface area contributed by atoms with Gasteiger partial charge < -0.3 is 10.6 Å². The van der Waals surface area contributed by atoms with E-state index >= 15 is 0 Å². The molecule has 0 fully saturated rings. The number of thiocarbonyl (C=S) groups is 1. The third kappa shape index (κ3) is 4.47. The van der Waals surface area contributed by atoms with Crippen molar-refractivity contribution in [3.8, 4) is 0 Å². The minimum absolute atomic E-state index is 0.383. The Kier molecular flexibility index (Phi) is 5.32. The molecular formula is C15H16ClN3S. The molecule has 3 nitrogen and oxygen atoms in total. The molecule has 0 saturated heterocycles. The maximum Gasteiger partial charge on any atom is 0.171 e. The molecule has 1 heterocycles. The summed E-state index contributed by atoms with van der Waals surface area (Å²) in [5, 5.41) is 7.38. The highest BCUT2D eigenvalue weighted by Gasteiger charge is 2.05. The van der Waals surface area contributed by atoms with Crippen molar-refractivity contribution >= 4 is 34.7 Å². The Bertz CT molecular complexity index is 557. The number of hydrogen-bond acceptors (Lipinski definition) is 2. The van der Waals surface area contributed by atoms with Gasteiger partial charge >= 0.3 is 0 Å². The summed E-state index contributed by atoms with van der Waals surface area (Å²) >= 11 is 11.0. The smallest absolute Gasteiger partial charge is 0.171 e. The van der Waals surface area contributed by atoms with Gasteiger partial charge in [0.1, 0.15) is 5.82 Å². The molecule has 1 unspecified atom stereocenters. The normalized spacial score (nSPS) is 11.7. The number of pyridine rings is 1. The number of nitrogens with zero attached hydrogens (tertiary/aromatic N) is 1. The molecule has 0 spiro atoms. The Morgan fingerprint density at radius 1 is 1.25 bits per heavy atom. The molecule has 0 amide bonds. The van der Waals surface area contributed by atoms with Crippen molar-refractivity contribution in [2.24, 2.45) is 0 Å². The second-order valence-electron chi connectivity index (χ2n) is 4.51. The first kappa shape index (κ1) is 14.8. The zero-order valence-corrected chi connectivity index (χ0v) is 12.7. The molecule has 2 rings (SSSR count). The van der Waals surface area contributed by atoms with Crippen LogP contribution in [-0.2, 0) is 0 Å². The van der Waals surface area contributed by atoms with Crippen LogP contribution in [0.2, 0.25) is 5.02 Å². The third-order valence-electron chi connectivity index (χ3n) is 2.91. The largest absolute Gasteiger partial charge is 0.362 e. The zero-order valence-electron chi connectivity index (χ0n) is 11.1. The van der Waals surface area contributed by atoms with Gasteiger partial charge in [0.2, 0.25) is 0 Å². The summed E-state index contributed by atoms with van der Waals surface area (Å²) < 4.78 is 0. The van der Waals surface area contributed by atoms with E-state index in [0.29, 0.717) is 21.9 Å². The Morgan fingerprint density at radius 3 is 2.65 bits per heavy atom. The lowest BCUT2D eigenvalue weighted by Gasteiger charge is -2.15. The van der Waals surface area contributed by atoms with E-state index in [1.54, 1.807) is 18.3 Å². The number of hydrogen-bond donors (Lipinski definition) is 2. The summed E-state index contributed by atoms with van der Waals surface area (Å²) in [6.45, 7) is 2.93. The molecule has 0 bridgehead atoms. The van der Waals surface area contributed by atoms with E-state index in [1.807, 2.05) is 18.2 Å². The number of halogens is 1. The van der Waals surface area contributed by atoms with E-state index in [1.165, 1.54) is 5.56 Å². The molecule has 1 atom stereocenters. The van der Waals surface area contributed by atoms with Crippen LogP contribution in [0.1, 0.15) is 18.4 Å². The van der Waals surface area contributed by atoms with Crippen LogP contribution in [0.3, 0.4) is 0 Å². The molecule has 104 valence electrons. The van der Waals surface area contributed by atoms with Gasteiger partial charge in [-0.05, 0) is 35.8 Å². The molecule has 0 aliphatic carbocycles. The molecule has 1 aromatic heterocycles. The Balaban J connectivity index is 1.82. The Labute approximate surface area is 129 Å². The quantitative estimate of drug-likeness (QED) is 0.842. The van der Waals surface area contributed by atoms with Gasteiger partial charge in [0.05, 0.1) is 5.02 Å². The molecule has 2 N–H and O–H groups in total. The van der Waals surface area contributed by atoms with Crippen LogP contribution in [0.25, 0.3) is 0 Å². The van der Waals surface area contributed by atoms with Gasteiger partial charge in [-0.15, -0.1) is 0 Å². The van der Waals surface area contributed by atoms with Crippen LogP contribution in [0.4, 0.5) is 5.82 Å². The summed E-state index contributed by atoms with van der Waals surface area (Å²) in [7, 11) is 0. The van der Waals surface area contributed by atoms with Gasteiger partial charge in [0, 0.05) is 12.7 Å². The van der Waals surface area contributed by atoms with Crippen LogP contribution >= 0.6 is 23.8 Å². The standard InChI is InChI=1S/C15H16ClN3S/c1-11(12-5-3-2-4-6-12)9-18-15(20)19-14-8-7-13(16)10-17-14/h2-8,10-11H,9H2,1H3,(H2,17,18,19,20). The molecule has 0 aliphatic rings. The minimum Gasteiger partial charge on any atom is -0.362 e. The summed E-state index contributed by atoms with van der Waals surface area (Å²) in [5.74, 6) is 1.06. The molecule has 0 aliphatic heterocycles. The molecule has 0 radical (unpaired) electrons. The van der Waals surface area contributed by atoms with Crippen molar-refractivity contribution in [2.75, 3.05) is 11.9 Å². The average Bonchev–Trinajstić information content (AvgIpc) is 2.48. The van der Waals surface area contributed by atoms with E-state index in [2.05, 4.69) is 34.7 Å². The summed E-state index contributed by atoms with van der Waals surface area (Å²) in [4.78, 5) is 4.13. The predicted octanol–water partition coefficient (Wildman–Crippen LogP) is 3.83. The molecule has 0 saturated carbocycles. The molecular weight excluding hydrogens is 290 g/mol. The number of benzene rings is 1. The van der Waals surface area contributed by atoms with Gasteiger partial charge in [0.25, 0.3) is 0 Å². The van der Waals surface area contributed by atoms with Gasteiger partial charge in [0.15, 0.2) is 5.11 Å². The maximum absolute atomic E-state index is 5.78. The lowest BCUT2D eigenvalue weighted by molar-refractivity contribution is 0.723. The van der Waals surface area contributed by atoms with E-state index in [9.17, 15) is 0 Å². The SMILES string of the molecule is CC(CNC(=S)Nc1ccc(Cl)cn1)c1ccccc1. The summed E-state index contributed by atoms with van der Waals surface area (Å²) in [5.41, 5.74) is 1.28. The number of aromatic nitrogens is 1. The number of anilines is 1. The van der Waals surface area contributed by atoms with E-state index in [0.717, 1.165) is 6.54 Å². The maximum atomic E-state index is 5.78. The van der Waals surface area contributed by atoms with Gasteiger partial charge in [-0.2, -0.15) is 0 Å². The fourth-order valence-corrected chi connectivity index (χ4v) is 2.06. The van der Waals surface area contributed by atoms with Crippen molar-refractivity contribution in [1.29, 1.82) is 0 Å². The molecule has 5 heteroatoms. The predicted molar refractivity (Wildman–Crippen MR) is 88.3 cm³/mol. The van der Waals surface area contributed by atoms with Gasteiger partial charge in [-0.25, -0.2) is 4.98 Å². The summed E-state index contributed by atoms with van der Waals surface area (Å²) in [6, 6.07) is 13.9. The van der Waals surface area contributed by atoms with Crippen LogP contribution in [-0.4, -0.2) is 16.6 Å². The average molecular weight is 306 g/mol. The van der Waals surface area contributed by atoms with Crippen molar-refractivity contribution in [3.05, 3.63) is 59.2 Å². The Morgan fingerprint density at radius 2 is 2.00 bits per heavy atom. The van der Waals surface area contributed by atoms with Crippen LogP contribution in [0, 0.1) is 0 Å². The van der Waals surface area contributed by atoms with Crippen LogP contribution in [0.5, 0.6) is 0 Å². The van der Waals surface area contributed by atoms with Crippen molar-refractivity contribution in [1.82, 2.24) is 10.3 Å². The third-order valence-corrected chi connectivity index (χ3v) is 3.38. The zero-order chi connectivity index (χ0) is 14.4. The number of rotatable bonds is 4. The van der Waals surface area contributed by atoms with Crippen LogP contribution in [0.15, 0.2) is 48.7 Å². The lowest BCUT2D eigenvalue weighted by atomic mass is 10.0. The molecule has 1 aromatic carbocycles. The lowest BCUT2D eigenvalue weighted by Crippen LogP contribution is -2.31. The van der Waals surface area contributed by atoms with E-state index in [-0.39, 0.29) is 0 Å². The Hall–Kier alpha value is -1.65. The number of nitrogens with one attached hydrogen (secondary N) is 2. The highest BCUT2D eigenvalue weighted by Crippen LogP contribution is 2.13. The first-order chi connectivity index (χ1) is 9.65.